The summed E-state index contributed by atoms with van der Waals surface area (Å²) in [5.74, 6) is 0.0822. The Morgan fingerprint density at radius 3 is 2.24 bits per heavy atom. The lowest BCUT2D eigenvalue weighted by Gasteiger charge is -2.33. The Morgan fingerprint density at radius 1 is 0.944 bits per heavy atom. The molecule has 1 aromatic heterocycles. The third kappa shape index (κ3) is 9.49. The van der Waals surface area contributed by atoms with Gasteiger partial charge in [0.05, 0.1) is 42.1 Å². The Labute approximate surface area is 319 Å². The number of carbonyl (C=O) groups excluding carboxylic acids is 2. The number of hydrogen-bond donors (Lipinski definition) is 3. The minimum atomic E-state index is -4.04. The van der Waals surface area contributed by atoms with E-state index in [9.17, 15) is 23.1 Å². The molecule has 0 saturated carbocycles. The standard InChI is InChI=1S/C41H54N6O6S/c1-27(2)22-32-24-34(53-7)18-19-38(32)54(51,52)42-25-37(48)36(23-31-14-10-8-11-15-31)43-40(49)39(28(3)4)46-21-20-45(41(46)50)26-35-29(5)44-47(30(35)6)33-16-12-9-13-17-33/h8-19,24,27-28,36-37,39,42,48H,20-23,25-26H2,1-7H3,(H,43,49)/t36-,37+,39-/m0/s1. The third-order valence-corrected chi connectivity index (χ3v) is 11.4. The van der Waals surface area contributed by atoms with Crippen LogP contribution in [0.15, 0.2) is 83.8 Å². The van der Waals surface area contributed by atoms with Crippen LogP contribution >= 0.6 is 0 Å². The topological polar surface area (TPSA) is 146 Å². The molecule has 1 aliphatic rings. The van der Waals surface area contributed by atoms with Gasteiger partial charge in [0.2, 0.25) is 15.9 Å². The average Bonchev–Trinajstić information content (AvgIpc) is 3.63. The lowest BCUT2D eigenvalue weighted by molar-refractivity contribution is -0.128. The van der Waals surface area contributed by atoms with Crippen LogP contribution in [0, 0.1) is 25.7 Å². The molecule has 4 aromatic rings. The van der Waals surface area contributed by atoms with Crippen LogP contribution in [0.25, 0.3) is 5.69 Å². The van der Waals surface area contributed by atoms with Crippen LogP contribution in [-0.4, -0.2) is 90.0 Å². The molecule has 0 bridgehead atoms. The summed E-state index contributed by atoms with van der Waals surface area (Å²) < 4.78 is 37.0. The Balaban J connectivity index is 1.32. The fraction of sp³-hybridized carbons (Fsp3) is 0.439. The minimum absolute atomic E-state index is 0.114. The van der Waals surface area contributed by atoms with Crippen LogP contribution in [0.5, 0.6) is 5.75 Å². The van der Waals surface area contributed by atoms with E-state index in [1.54, 1.807) is 21.9 Å². The molecular formula is C41H54N6O6S. The van der Waals surface area contributed by atoms with Gasteiger partial charge in [-0.05, 0) is 80.0 Å². The zero-order valence-electron chi connectivity index (χ0n) is 32.3. The largest absolute Gasteiger partial charge is 0.497 e. The van der Waals surface area contributed by atoms with E-state index in [-0.39, 0.29) is 35.7 Å². The molecule has 1 saturated heterocycles. The van der Waals surface area contributed by atoms with Crippen LogP contribution in [0.1, 0.15) is 55.8 Å². The van der Waals surface area contributed by atoms with Crippen molar-refractivity contribution in [3.05, 3.63) is 107 Å². The van der Waals surface area contributed by atoms with Gasteiger partial charge >= 0.3 is 6.03 Å². The van der Waals surface area contributed by atoms with Crippen LogP contribution in [0.4, 0.5) is 4.79 Å². The summed E-state index contributed by atoms with van der Waals surface area (Å²) in [7, 11) is -2.51. The zero-order chi connectivity index (χ0) is 39.2. The lowest BCUT2D eigenvalue weighted by Crippen LogP contribution is -2.57. The van der Waals surface area contributed by atoms with Crippen molar-refractivity contribution in [2.45, 2.75) is 84.0 Å². The predicted molar refractivity (Wildman–Crippen MR) is 209 cm³/mol. The van der Waals surface area contributed by atoms with Crippen molar-refractivity contribution < 1.29 is 27.9 Å². The molecule has 3 amide bonds. The van der Waals surface area contributed by atoms with Gasteiger partial charge in [0.15, 0.2) is 0 Å². The second kappa shape index (κ2) is 17.6. The van der Waals surface area contributed by atoms with Crippen molar-refractivity contribution in [1.82, 2.24) is 29.6 Å². The number of carbonyl (C=O) groups is 2. The number of methoxy groups -OCH3 is 1. The van der Waals surface area contributed by atoms with Gasteiger partial charge in [0.1, 0.15) is 11.8 Å². The summed E-state index contributed by atoms with van der Waals surface area (Å²) in [5, 5.41) is 19.3. The summed E-state index contributed by atoms with van der Waals surface area (Å²) in [6.07, 6.45) is -0.532. The molecule has 3 atom stereocenters. The van der Waals surface area contributed by atoms with Crippen molar-refractivity contribution in [3.63, 3.8) is 0 Å². The van der Waals surface area contributed by atoms with Gasteiger partial charge in [0.25, 0.3) is 0 Å². The number of aliphatic hydroxyl groups is 1. The van der Waals surface area contributed by atoms with E-state index in [2.05, 4.69) is 10.0 Å². The molecule has 1 fully saturated rings. The number of aliphatic hydroxyl groups excluding tert-OH is 1. The number of amides is 3. The molecule has 54 heavy (non-hydrogen) atoms. The van der Waals surface area contributed by atoms with E-state index in [0.29, 0.717) is 37.4 Å². The summed E-state index contributed by atoms with van der Waals surface area (Å²) in [4.78, 5) is 31.6. The van der Waals surface area contributed by atoms with E-state index < -0.39 is 34.1 Å². The number of aromatic nitrogens is 2. The minimum Gasteiger partial charge on any atom is -0.497 e. The number of rotatable bonds is 17. The Bertz CT molecular complexity index is 2000. The van der Waals surface area contributed by atoms with E-state index >= 15 is 0 Å². The lowest BCUT2D eigenvalue weighted by atomic mass is 9.98. The second-order valence-corrected chi connectivity index (χ2v) is 16.5. The van der Waals surface area contributed by atoms with E-state index in [1.165, 1.54) is 13.2 Å². The van der Waals surface area contributed by atoms with Crippen molar-refractivity contribution >= 4 is 22.0 Å². The van der Waals surface area contributed by atoms with Crippen molar-refractivity contribution in [3.8, 4) is 11.4 Å². The summed E-state index contributed by atoms with van der Waals surface area (Å²) in [6.45, 7) is 12.5. The molecule has 5 rings (SSSR count). The third-order valence-electron chi connectivity index (χ3n) is 9.91. The Hall–Kier alpha value is -4.72. The van der Waals surface area contributed by atoms with E-state index in [4.69, 9.17) is 9.84 Å². The molecule has 0 spiro atoms. The monoisotopic (exact) mass is 758 g/mol. The molecule has 2 heterocycles. The molecule has 0 aliphatic carbocycles. The maximum absolute atomic E-state index is 14.2. The van der Waals surface area contributed by atoms with Crippen molar-refractivity contribution in [1.29, 1.82) is 0 Å². The molecule has 3 N–H and O–H groups in total. The van der Waals surface area contributed by atoms with Gasteiger partial charge in [-0.25, -0.2) is 22.6 Å². The van der Waals surface area contributed by atoms with Crippen molar-refractivity contribution in [2.75, 3.05) is 26.7 Å². The second-order valence-electron chi connectivity index (χ2n) is 14.8. The SMILES string of the molecule is COc1ccc(S(=O)(=O)NC[C@@H](O)[C@H](Cc2ccccc2)NC(=O)[C@H](C(C)C)N2CCN(Cc3c(C)nn(-c4ccccc4)c3C)C2=O)c(CC(C)C)c1. The first-order valence-corrected chi connectivity index (χ1v) is 20.0. The number of nitrogens with one attached hydrogen (secondary N) is 2. The molecule has 0 unspecified atom stereocenters. The van der Waals surface area contributed by atoms with Crippen LogP contribution < -0.4 is 14.8 Å². The number of ether oxygens (including phenoxy) is 1. The van der Waals surface area contributed by atoms with Gasteiger partial charge in [-0.2, -0.15) is 5.10 Å². The molecule has 0 radical (unpaired) electrons. The van der Waals surface area contributed by atoms with Crippen molar-refractivity contribution in [2.24, 2.45) is 11.8 Å². The first kappa shape index (κ1) is 40.5. The van der Waals surface area contributed by atoms with Gasteiger partial charge in [-0.15, -0.1) is 0 Å². The maximum Gasteiger partial charge on any atom is 0.321 e. The Kier molecular flexibility index (Phi) is 13.2. The summed E-state index contributed by atoms with van der Waals surface area (Å²) in [6, 6.07) is 22.1. The fourth-order valence-corrected chi connectivity index (χ4v) is 8.38. The molecular weight excluding hydrogens is 705 g/mol. The van der Waals surface area contributed by atoms with Gasteiger partial charge < -0.3 is 25.0 Å². The van der Waals surface area contributed by atoms with Gasteiger partial charge in [0, 0.05) is 30.9 Å². The average molecular weight is 759 g/mol. The number of benzene rings is 3. The predicted octanol–water partition coefficient (Wildman–Crippen LogP) is 5.03. The quantitative estimate of drug-likeness (QED) is 0.137. The first-order valence-electron chi connectivity index (χ1n) is 18.5. The highest BCUT2D eigenvalue weighted by atomic mass is 32.2. The summed E-state index contributed by atoms with van der Waals surface area (Å²) >= 11 is 0. The zero-order valence-corrected chi connectivity index (χ0v) is 33.1. The highest BCUT2D eigenvalue weighted by Crippen LogP contribution is 2.26. The van der Waals surface area contributed by atoms with E-state index in [1.807, 2.05) is 107 Å². The number of urea groups is 1. The van der Waals surface area contributed by atoms with Crippen LogP contribution in [-0.2, 0) is 34.2 Å². The number of aryl methyl sites for hydroxylation is 1. The van der Waals surface area contributed by atoms with Crippen LogP contribution in [0.3, 0.4) is 0 Å². The molecule has 13 heteroatoms. The summed E-state index contributed by atoms with van der Waals surface area (Å²) in [5.41, 5.74) is 5.13. The van der Waals surface area contributed by atoms with Gasteiger partial charge in [-0.1, -0.05) is 76.2 Å². The smallest absolute Gasteiger partial charge is 0.321 e. The molecule has 3 aromatic carbocycles. The maximum atomic E-state index is 14.2. The fourth-order valence-electron chi connectivity index (χ4n) is 7.10. The molecule has 12 nitrogen and oxygen atoms in total. The number of nitrogens with zero attached hydrogens (tertiary/aromatic N) is 4. The number of hydrogen-bond acceptors (Lipinski definition) is 7. The first-order chi connectivity index (χ1) is 25.7. The highest BCUT2D eigenvalue weighted by Gasteiger charge is 2.40. The van der Waals surface area contributed by atoms with Gasteiger partial charge in [-0.3, -0.25) is 4.79 Å². The normalized spacial score (nSPS) is 15.2. The number of sulfonamides is 1. The molecule has 1 aliphatic heterocycles. The van der Waals surface area contributed by atoms with Crippen LogP contribution in [0.2, 0.25) is 0 Å². The molecule has 290 valence electrons. The Morgan fingerprint density at radius 2 is 1.61 bits per heavy atom. The number of para-hydroxylation sites is 1. The highest BCUT2D eigenvalue weighted by molar-refractivity contribution is 7.89. The van der Waals surface area contributed by atoms with E-state index in [0.717, 1.165) is 28.2 Å².